The highest BCUT2D eigenvalue weighted by Gasteiger charge is 2.72. The number of nitrogens with zero attached hydrogens (tertiary/aromatic N) is 2. The molecule has 1 spiro atoms. The molecule has 218 valence electrons. The van der Waals surface area contributed by atoms with Gasteiger partial charge in [0.1, 0.15) is 17.4 Å². The number of ether oxygens (including phenoxy) is 2. The molecule has 1 aromatic carbocycles. The molecule has 0 unspecified atom stereocenters. The number of rotatable bonds is 11. The summed E-state index contributed by atoms with van der Waals surface area (Å²) in [6.07, 6.45) is 9.63. The Hall–Kier alpha value is -2.91. The Balaban J connectivity index is 1.41. The van der Waals surface area contributed by atoms with E-state index >= 15 is 0 Å². The topological polar surface area (TPSA) is 100 Å². The summed E-state index contributed by atoms with van der Waals surface area (Å²) in [6.45, 7) is 6.31. The van der Waals surface area contributed by atoms with Crippen LogP contribution in [0.4, 0.5) is 5.69 Å². The number of anilines is 1. The molecule has 3 amide bonds. The summed E-state index contributed by atoms with van der Waals surface area (Å²) in [5.41, 5.74) is -0.562. The normalized spacial score (nSPS) is 32.4. The van der Waals surface area contributed by atoms with Crippen LogP contribution in [-0.2, 0) is 19.1 Å². The Bertz CT molecular complexity index is 1140. The lowest BCUT2D eigenvalue weighted by atomic mass is 9.74. The minimum Gasteiger partial charge on any atom is -0.497 e. The second-order valence-corrected chi connectivity index (χ2v) is 12.0. The van der Waals surface area contributed by atoms with E-state index in [1.54, 1.807) is 36.3 Å². The van der Waals surface area contributed by atoms with E-state index in [-0.39, 0.29) is 23.8 Å². The first-order valence-corrected chi connectivity index (χ1v) is 14.9. The number of methoxy groups -OCH3 is 1. The van der Waals surface area contributed by atoms with Crippen LogP contribution in [0.3, 0.4) is 0 Å². The van der Waals surface area contributed by atoms with Crippen LogP contribution in [-0.4, -0.2) is 85.1 Å². The lowest BCUT2D eigenvalue weighted by molar-refractivity contribution is -0.141. The maximum atomic E-state index is 14.2. The van der Waals surface area contributed by atoms with Crippen molar-refractivity contribution in [3.05, 3.63) is 36.4 Å². The van der Waals surface area contributed by atoms with E-state index in [2.05, 4.69) is 29.4 Å². The van der Waals surface area contributed by atoms with Crippen LogP contribution in [0.15, 0.2) is 36.4 Å². The Kier molecular flexibility index (Phi) is 8.52. The first-order valence-electron chi connectivity index (χ1n) is 14.9. The monoisotopic (exact) mass is 552 g/mol. The van der Waals surface area contributed by atoms with Crippen molar-refractivity contribution < 1.29 is 23.9 Å². The molecular weight excluding hydrogens is 508 g/mol. The summed E-state index contributed by atoms with van der Waals surface area (Å²) in [7, 11) is 3.62. The lowest BCUT2D eigenvalue weighted by Crippen LogP contribution is -2.58. The maximum absolute atomic E-state index is 14.2. The smallest absolute Gasteiger partial charge is 0.246 e. The van der Waals surface area contributed by atoms with Crippen LogP contribution < -0.4 is 15.4 Å². The number of benzene rings is 1. The van der Waals surface area contributed by atoms with Crippen molar-refractivity contribution in [2.24, 2.45) is 17.8 Å². The zero-order valence-electron chi connectivity index (χ0n) is 24.2. The third kappa shape index (κ3) is 5.26. The second kappa shape index (κ2) is 11.9. The number of nitrogens with one attached hydrogen (secondary N) is 2. The molecule has 9 nitrogen and oxygen atoms in total. The molecule has 1 saturated carbocycles. The third-order valence-corrected chi connectivity index (χ3v) is 9.32. The number of hydrogen-bond acceptors (Lipinski definition) is 6. The van der Waals surface area contributed by atoms with Gasteiger partial charge in [-0.2, -0.15) is 0 Å². The van der Waals surface area contributed by atoms with Crippen LogP contribution in [0, 0.1) is 17.8 Å². The van der Waals surface area contributed by atoms with Crippen molar-refractivity contribution in [1.82, 2.24) is 15.1 Å². The van der Waals surface area contributed by atoms with E-state index in [0.717, 1.165) is 38.6 Å². The second-order valence-electron chi connectivity index (χ2n) is 12.0. The van der Waals surface area contributed by atoms with Gasteiger partial charge in [-0.25, -0.2) is 0 Å². The van der Waals surface area contributed by atoms with Crippen LogP contribution in [0.5, 0.6) is 5.75 Å². The highest BCUT2D eigenvalue weighted by molar-refractivity contribution is 6.02. The molecular formula is C31H44N4O5. The first kappa shape index (κ1) is 28.6. The van der Waals surface area contributed by atoms with E-state index in [0.29, 0.717) is 30.4 Å². The van der Waals surface area contributed by atoms with E-state index < -0.39 is 29.6 Å². The van der Waals surface area contributed by atoms with Crippen molar-refractivity contribution in [3.8, 4) is 5.75 Å². The number of likely N-dealkylation sites (tertiary alicyclic amines) is 1. The predicted octanol–water partition coefficient (Wildman–Crippen LogP) is 3.21. The average Bonchev–Trinajstić information content (AvgIpc) is 3.59. The summed E-state index contributed by atoms with van der Waals surface area (Å²) in [5.74, 6) is -1.12. The average molecular weight is 553 g/mol. The van der Waals surface area contributed by atoms with Gasteiger partial charge in [0.05, 0.1) is 25.0 Å². The zero-order chi connectivity index (χ0) is 28.4. The molecule has 3 heterocycles. The zero-order valence-corrected chi connectivity index (χ0v) is 24.2. The fourth-order valence-electron chi connectivity index (χ4n) is 7.04. The molecule has 0 radical (unpaired) electrons. The molecule has 1 aromatic rings. The van der Waals surface area contributed by atoms with Crippen LogP contribution >= 0.6 is 0 Å². The number of likely N-dealkylation sites (N-methyl/N-ethyl adjacent to an activating group) is 1. The van der Waals surface area contributed by atoms with E-state index in [1.807, 2.05) is 19.2 Å². The number of amides is 3. The summed E-state index contributed by atoms with van der Waals surface area (Å²) >= 11 is 0. The van der Waals surface area contributed by atoms with Gasteiger partial charge in [0.2, 0.25) is 17.7 Å². The van der Waals surface area contributed by atoms with Gasteiger partial charge in [0.25, 0.3) is 0 Å². The number of unbranched alkanes of at least 4 members (excludes halogenated alkanes) is 1. The number of carbonyl (C=O) groups is 3. The van der Waals surface area contributed by atoms with Gasteiger partial charge in [-0.05, 0) is 50.9 Å². The first-order chi connectivity index (χ1) is 19.3. The molecule has 1 aliphatic carbocycles. The Morgan fingerprint density at radius 3 is 2.75 bits per heavy atom. The Morgan fingerprint density at radius 1 is 1.20 bits per heavy atom. The molecule has 2 bridgehead atoms. The Morgan fingerprint density at radius 2 is 2.00 bits per heavy atom. The molecule has 7 atom stereocenters. The summed E-state index contributed by atoms with van der Waals surface area (Å²) in [4.78, 5) is 45.8. The van der Waals surface area contributed by atoms with Gasteiger partial charge < -0.3 is 29.9 Å². The number of carbonyl (C=O) groups excluding carboxylic acids is 3. The molecule has 0 aromatic heterocycles. The van der Waals surface area contributed by atoms with Gasteiger partial charge in [0.15, 0.2) is 0 Å². The third-order valence-electron chi connectivity index (χ3n) is 9.32. The quantitative estimate of drug-likeness (QED) is 0.409. The Labute approximate surface area is 237 Å². The van der Waals surface area contributed by atoms with Crippen LogP contribution in [0.25, 0.3) is 0 Å². The lowest BCUT2D eigenvalue weighted by Gasteiger charge is -2.36. The summed E-state index contributed by atoms with van der Waals surface area (Å²) in [6, 6.07) is 6.41. The van der Waals surface area contributed by atoms with Gasteiger partial charge in [-0.1, -0.05) is 51.3 Å². The minimum absolute atomic E-state index is 0.0793. The van der Waals surface area contributed by atoms with Gasteiger partial charge in [-0.3, -0.25) is 14.4 Å². The van der Waals surface area contributed by atoms with Gasteiger partial charge in [-0.15, -0.1) is 0 Å². The highest BCUT2D eigenvalue weighted by atomic mass is 16.5. The molecule has 40 heavy (non-hydrogen) atoms. The molecule has 4 aliphatic rings. The maximum Gasteiger partial charge on any atom is 0.246 e. The van der Waals surface area contributed by atoms with Crippen LogP contribution in [0.2, 0.25) is 0 Å². The summed E-state index contributed by atoms with van der Waals surface area (Å²) < 4.78 is 11.8. The largest absolute Gasteiger partial charge is 0.497 e. The number of hydrogen-bond donors (Lipinski definition) is 2. The molecule has 3 aliphatic heterocycles. The van der Waals surface area contributed by atoms with Crippen molar-refractivity contribution >= 4 is 23.4 Å². The standard InChI is InChI=1S/C31H44N4O5/c1-5-6-16-34(3)17-18-35-27(29(37)33-23-13-8-7-10-20(23)2)31-15-14-24(40-31)25(26(31)30(35)38)28(36)32-21-11-9-12-22(19-21)39-4/h9,11-12,14-15,19-20,23-27H,5-8,10,13,16-18H2,1-4H3,(H,32,36)(H,33,37)/t20-,23+,24+,25+,26+,27-,31-/m0/s1. The molecule has 2 N–H and O–H groups in total. The van der Waals surface area contributed by atoms with Crippen LogP contribution in [0.1, 0.15) is 52.4 Å². The molecule has 9 heteroatoms. The molecule has 3 fully saturated rings. The number of fused-ring (bicyclic) bond motifs is 1. The van der Waals surface area contributed by atoms with Crippen molar-refractivity contribution in [2.45, 2.75) is 76.2 Å². The van der Waals surface area contributed by atoms with Crippen molar-refractivity contribution in [2.75, 3.05) is 39.1 Å². The predicted molar refractivity (Wildman–Crippen MR) is 153 cm³/mol. The van der Waals surface area contributed by atoms with Crippen molar-refractivity contribution in [1.29, 1.82) is 0 Å². The van der Waals surface area contributed by atoms with E-state index in [4.69, 9.17) is 9.47 Å². The molecule has 5 rings (SSSR count). The van der Waals surface area contributed by atoms with Gasteiger partial charge in [0, 0.05) is 30.9 Å². The van der Waals surface area contributed by atoms with Crippen molar-refractivity contribution in [3.63, 3.8) is 0 Å². The molecule has 2 saturated heterocycles. The summed E-state index contributed by atoms with van der Waals surface area (Å²) in [5, 5.41) is 6.26. The SMILES string of the molecule is CCCCN(C)CCN1C(=O)[C@H]2[C@H](C(=O)Nc3cccc(OC)c3)[C@H]3C=C[C@@]2(O3)[C@@H]1C(=O)N[C@@H]1CCCC[C@@H]1C. The van der Waals surface area contributed by atoms with E-state index in [1.165, 1.54) is 6.42 Å². The minimum atomic E-state index is -1.15. The van der Waals surface area contributed by atoms with E-state index in [9.17, 15) is 14.4 Å². The fraction of sp³-hybridized carbons (Fsp3) is 0.645. The highest BCUT2D eigenvalue weighted by Crippen LogP contribution is 2.55. The van der Waals surface area contributed by atoms with Gasteiger partial charge >= 0.3 is 0 Å². The fourth-order valence-corrected chi connectivity index (χ4v) is 7.04.